The molecule has 2 aromatic rings. The van der Waals surface area contributed by atoms with E-state index < -0.39 is 17.5 Å². The molecule has 0 aliphatic carbocycles. The van der Waals surface area contributed by atoms with Crippen LogP contribution in [0.5, 0.6) is 0 Å². The summed E-state index contributed by atoms with van der Waals surface area (Å²) in [7, 11) is 0. The van der Waals surface area contributed by atoms with Crippen molar-refractivity contribution in [2.45, 2.75) is 33.1 Å². The van der Waals surface area contributed by atoms with E-state index in [1.165, 1.54) is 6.07 Å². The maximum absolute atomic E-state index is 12.3. The van der Waals surface area contributed by atoms with E-state index in [0.717, 1.165) is 0 Å². The van der Waals surface area contributed by atoms with Crippen molar-refractivity contribution in [2.75, 3.05) is 18.5 Å². The number of aryl methyl sites for hydroxylation is 1. The lowest BCUT2D eigenvalue weighted by Crippen LogP contribution is -2.20. The molecule has 0 bridgehead atoms. The lowest BCUT2D eigenvalue weighted by atomic mass is 10.1. The molecule has 0 unspecified atom stereocenters. The van der Waals surface area contributed by atoms with Crippen LogP contribution in [0.2, 0.25) is 0 Å². The van der Waals surface area contributed by atoms with Gasteiger partial charge in [-0.1, -0.05) is 18.2 Å². The number of carbonyl (C=O) groups excluding carboxylic acids is 3. The minimum absolute atomic E-state index is 0.0265. The van der Waals surface area contributed by atoms with Crippen LogP contribution < -0.4 is 10.9 Å². The van der Waals surface area contributed by atoms with E-state index in [-0.39, 0.29) is 49.0 Å². The maximum Gasteiger partial charge on any atom is 0.359 e. The third-order valence-electron chi connectivity index (χ3n) is 3.89. The van der Waals surface area contributed by atoms with Gasteiger partial charge in [0.05, 0.1) is 13.2 Å². The number of esters is 2. The Morgan fingerprint density at radius 1 is 1.03 bits per heavy atom. The standard InChI is InChI=1S/C21H23NO7/c1-3-27-18(23)12-8-11-17-15(20(25)28-4-2)13-16(21(26)29-17)22-19(24)14-9-6-5-7-10-14/h5-7,9-10,13H,3-4,8,11-12H2,1-2H3,(H,22,24). The predicted molar refractivity (Wildman–Crippen MR) is 105 cm³/mol. The quantitative estimate of drug-likeness (QED) is 0.643. The molecule has 0 spiro atoms. The van der Waals surface area contributed by atoms with Crippen LogP contribution in [0.25, 0.3) is 0 Å². The Hall–Kier alpha value is -3.42. The van der Waals surface area contributed by atoms with Gasteiger partial charge in [0, 0.05) is 18.4 Å². The number of amides is 1. The monoisotopic (exact) mass is 401 g/mol. The van der Waals surface area contributed by atoms with Crippen LogP contribution in [0.1, 0.15) is 53.2 Å². The van der Waals surface area contributed by atoms with Gasteiger partial charge in [-0.2, -0.15) is 0 Å². The number of rotatable bonds is 9. The Balaban J connectivity index is 2.24. The second-order valence-electron chi connectivity index (χ2n) is 5.98. The van der Waals surface area contributed by atoms with E-state index in [0.29, 0.717) is 12.0 Å². The van der Waals surface area contributed by atoms with Crippen LogP contribution in [0.4, 0.5) is 5.69 Å². The van der Waals surface area contributed by atoms with E-state index in [1.807, 2.05) is 0 Å². The molecular weight excluding hydrogens is 378 g/mol. The molecule has 0 saturated carbocycles. The van der Waals surface area contributed by atoms with E-state index in [1.54, 1.807) is 44.2 Å². The minimum Gasteiger partial charge on any atom is -0.466 e. The van der Waals surface area contributed by atoms with Gasteiger partial charge in [0.2, 0.25) is 0 Å². The third-order valence-corrected chi connectivity index (χ3v) is 3.89. The topological polar surface area (TPSA) is 112 Å². The molecule has 1 amide bonds. The summed E-state index contributed by atoms with van der Waals surface area (Å²) >= 11 is 0. The number of carbonyl (C=O) groups is 3. The summed E-state index contributed by atoms with van der Waals surface area (Å²) in [6.45, 7) is 3.76. The lowest BCUT2D eigenvalue weighted by Gasteiger charge is -2.10. The fourth-order valence-corrected chi connectivity index (χ4v) is 2.57. The van der Waals surface area contributed by atoms with Gasteiger partial charge < -0.3 is 19.2 Å². The van der Waals surface area contributed by atoms with E-state index in [2.05, 4.69) is 5.32 Å². The summed E-state index contributed by atoms with van der Waals surface area (Å²) in [6.07, 6.45) is 0.603. The zero-order valence-corrected chi connectivity index (χ0v) is 16.4. The Bertz CT molecular complexity index is 918. The van der Waals surface area contributed by atoms with Crippen molar-refractivity contribution in [3.8, 4) is 0 Å². The van der Waals surface area contributed by atoms with Crippen molar-refractivity contribution >= 4 is 23.5 Å². The summed E-state index contributed by atoms with van der Waals surface area (Å²) in [5.74, 6) is -1.48. The van der Waals surface area contributed by atoms with Crippen molar-refractivity contribution in [1.29, 1.82) is 0 Å². The second-order valence-corrected chi connectivity index (χ2v) is 5.98. The highest BCUT2D eigenvalue weighted by molar-refractivity contribution is 6.04. The first-order chi connectivity index (χ1) is 14.0. The summed E-state index contributed by atoms with van der Waals surface area (Å²) in [4.78, 5) is 48.4. The fourth-order valence-electron chi connectivity index (χ4n) is 2.57. The molecule has 0 radical (unpaired) electrons. The summed E-state index contributed by atoms with van der Waals surface area (Å²) in [5.41, 5.74) is -0.591. The number of hydrogen-bond donors (Lipinski definition) is 1. The van der Waals surface area contributed by atoms with Crippen molar-refractivity contribution < 1.29 is 28.3 Å². The first-order valence-corrected chi connectivity index (χ1v) is 9.32. The highest BCUT2D eigenvalue weighted by Gasteiger charge is 2.20. The van der Waals surface area contributed by atoms with Crippen molar-refractivity contribution in [3.05, 3.63) is 63.7 Å². The second kappa shape index (κ2) is 10.8. The largest absolute Gasteiger partial charge is 0.466 e. The van der Waals surface area contributed by atoms with Crippen LogP contribution >= 0.6 is 0 Å². The summed E-state index contributed by atoms with van der Waals surface area (Å²) < 4.78 is 15.1. The fraction of sp³-hybridized carbons (Fsp3) is 0.333. The molecule has 8 nitrogen and oxygen atoms in total. The number of ether oxygens (including phenoxy) is 2. The third kappa shape index (κ3) is 6.31. The van der Waals surface area contributed by atoms with E-state index in [9.17, 15) is 19.2 Å². The average Bonchev–Trinajstić information content (AvgIpc) is 2.70. The van der Waals surface area contributed by atoms with E-state index >= 15 is 0 Å². The minimum atomic E-state index is -0.798. The molecule has 8 heteroatoms. The first kappa shape index (κ1) is 21.9. The van der Waals surface area contributed by atoms with Gasteiger partial charge in [0.25, 0.3) is 5.91 Å². The average molecular weight is 401 g/mol. The maximum atomic E-state index is 12.3. The molecule has 0 atom stereocenters. The molecular formula is C21H23NO7. The van der Waals surface area contributed by atoms with Gasteiger partial charge in [-0.15, -0.1) is 0 Å². The SMILES string of the molecule is CCOC(=O)CCCc1oc(=O)c(NC(=O)c2ccccc2)cc1C(=O)OCC. The van der Waals surface area contributed by atoms with Crippen LogP contribution in [0.3, 0.4) is 0 Å². The van der Waals surface area contributed by atoms with Gasteiger partial charge in [-0.05, 0) is 38.5 Å². The molecule has 29 heavy (non-hydrogen) atoms. The van der Waals surface area contributed by atoms with Gasteiger partial charge in [-0.25, -0.2) is 9.59 Å². The molecule has 1 N–H and O–H groups in total. The zero-order chi connectivity index (χ0) is 21.2. The number of hydrogen-bond acceptors (Lipinski definition) is 7. The highest BCUT2D eigenvalue weighted by atomic mass is 16.5. The Morgan fingerprint density at radius 3 is 2.38 bits per heavy atom. The van der Waals surface area contributed by atoms with Crippen LogP contribution in [0.15, 0.2) is 45.6 Å². The van der Waals surface area contributed by atoms with Crippen molar-refractivity contribution in [3.63, 3.8) is 0 Å². The predicted octanol–water partition coefficient (Wildman–Crippen LogP) is 2.95. The number of benzene rings is 1. The highest BCUT2D eigenvalue weighted by Crippen LogP contribution is 2.17. The van der Waals surface area contributed by atoms with Gasteiger partial charge >= 0.3 is 17.6 Å². The molecule has 154 valence electrons. The number of nitrogens with one attached hydrogen (secondary N) is 1. The van der Waals surface area contributed by atoms with Crippen LogP contribution in [-0.4, -0.2) is 31.1 Å². The molecule has 2 rings (SSSR count). The van der Waals surface area contributed by atoms with E-state index in [4.69, 9.17) is 13.9 Å². The molecule has 1 aromatic heterocycles. The molecule has 0 fully saturated rings. The molecule has 0 saturated heterocycles. The Morgan fingerprint density at radius 2 is 1.72 bits per heavy atom. The molecule has 1 aromatic carbocycles. The zero-order valence-electron chi connectivity index (χ0n) is 16.4. The Kier molecular flexibility index (Phi) is 8.14. The van der Waals surface area contributed by atoms with Crippen LogP contribution in [0, 0.1) is 0 Å². The Labute approximate surface area is 167 Å². The van der Waals surface area contributed by atoms with Crippen molar-refractivity contribution in [1.82, 2.24) is 0 Å². The number of anilines is 1. The molecule has 0 aliphatic heterocycles. The van der Waals surface area contributed by atoms with Gasteiger partial charge in [0.15, 0.2) is 0 Å². The normalized spacial score (nSPS) is 10.3. The first-order valence-electron chi connectivity index (χ1n) is 9.32. The summed E-state index contributed by atoms with van der Waals surface area (Å²) in [6, 6.07) is 9.56. The molecule has 0 aliphatic rings. The van der Waals surface area contributed by atoms with Crippen molar-refractivity contribution in [2.24, 2.45) is 0 Å². The van der Waals surface area contributed by atoms with Crippen LogP contribution in [-0.2, 0) is 20.7 Å². The summed E-state index contributed by atoms with van der Waals surface area (Å²) in [5, 5.41) is 2.46. The van der Waals surface area contributed by atoms with Gasteiger partial charge in [-0.3, -0.25) is 9.59 Å². The van der Waals surface area contributed by atoms with Gasteiger partial charge in [0.1, 0.15) is 17.0 Å². The molecule has 1 heterocycles. The lowest BCUT2D eigenvalue weighted by molar-refractivity contribution is -0.143. The smallest absolute Gasteiger partial charge is 0.359 e.